The van der Waals surface area contributed by atoms with Crippen molar-refractivity contribution in [1.82, 2.24) is 0 Å². The summed E-state index contributed by atoms with van der Waals surface area (Å²) in [6.45, 7) is 3.74. The van der Waals surface area contributed by atoms with Crippen LogP contribution in [0.15, 0.2) is 48.6 Å². The first-order chi connectivity index (χ1) is 23.8. The molecule has 8 heteroatoms. The molecule has 0 aliphatic rings. The molecule has 0 bridgehead atoms. The normalized spacial score (nSPS) is 14.7. The fourth-order valence-electron chi connectivity index (χ4n) is 5.35. The first-order valence-electron chi connectivity index (χ1n) is 19.5. The number of ether oxygens (including phenoxy) is 2. The Bertz CT molecular complexity index is 881. The molecule has 8 nitrogen and oxygen atoms in total. The number of allylic oxidation sites excluding steroid dienone is 6. The Balaban J connectivity index is 3.91. The maximum absolute atomic E-state index is 12.2. The molecule has 0 rings (SSSR count). The van der Waals surface area contributed by atoms with Gasteiger partial charge >= 0.3 is 11.9 Å². The Morgan fingerprint density at radius 1 is 0.551 bits per heavy atom. The molecule has 0 aromatic rings. The fourth-order valence-corrected chi connectivity index (χ4v) is 5.35. The Labute approximate surface area is 298 Å². The summed E-state index contributed by atoms with van der Waals surface area (Å²) in [6.07, 6.45) is 33.9. The lowest BCUT2D eigenvalue weighted by atomic mass is 10.0. The molecule has 0 heterocycles. The summed E-state index contributed by atoms with van der Waals surface area (Å²) in [5.41, 5.74) is 0. The third kappa shape index (κ3) is 32.7. The topological polar surface area (TPSA) is 134 Å². The van der Waals surface area contributed by atoms with Crippen molar-refractivity contribution in [2.75, 3.05) is 13.2 Å². The van der Waals surface area contributed by atoms with Gasteiger partial charge in [0.1, 0.15) is 6.61 Å². The Morgan fingerprint density at radius 2 is 1.02 bits per heavy atom. The van der Waals surface area contributed by atoms with Gasteiger partial charge < -0.3 is 29.9 Å². The van der Waals surface area contributed by atoms with Crippen LogP contribution in [0.25, 0.3) is 0 Å². The van der Waals surface area contributed by atoms with Crippen molar-refractivity contribution in [2.45, 2.75) is 186 Å². The minimum atomic E-state index is -1.09. The van der Waals surface area contributed by atoms with Gasteiger partial charge in [0.25, 0.3) is 0 Å². The van der Waals surface area contributed by atoms with Crippen molar-refractivity contribution in [3.05, 3.63) is 48.6 Å². The molecule has 0 fully saturated rings. The second-order valence-electron chi connectivity index (χ2n) is 13.2. The third-order valence-electron chi connectivity index (χ3n) is 8.49. The van der Waals surface area contributed by atoms with Crippen LogP contribution in [-0.2, 0) is 19.1 Å². The Morgan fingerprint density at radius 3 is 1.57 bits per heavy atom. The van der Waals surface area contributed by atoms with Crippen LogP contribution in [-0.4, -0.2) is 70.0 Å². The molecule has 0 saturated carbocycles. The van der Waals surface area contributed by atoms with Gasteiger partial charge in [0.05, 0.1) is 24.9 Å². The highest BCUT2D eigenvalue weighted by molar-refractivity contribution is 5.70. The van der Waals surface area contributed by atoms with E-state index in [1.807, 2.05) is 6.08 Å². The zero-order chi connectivity index (χ0) is 36.2. The highest BCUT2D eigenvalue weighted by atomic mass is 16.6. The number of aliphatic hydroxyl groups excluding tert-OH is 4. The molecule has 284 valence electrons. The smallest absolute Gasteiger partial charge is 0.306 e. The number of carbonyl (C=O) groups is 2. The van der Waals surface area contributed by atoms with Gasteiger partial charge in [-0.25, -0.2) is 0 Å². The number of aliphatic hydroxyl groups is 4. The summed E-state index contributed by atoms with van der Waals surface area (Å²) in [7, 11) is 0. The van der Waals surface area contributed by atoms with Gasteiger partial charge in [-0.15, -0.1) is 0 Å². The predicted octanol–water partition coefficient (Wildman–Crippen LogP) is 8.75. The standard InChI is InChI=1S/C41H72O8/c1-3-5-7-8-9-10-11-12-13-14-15-16-17-22-26-32-40(46)48-35-37(34-42)49-41(47)33-27-31-39(45)38(44)30-25-21-19-18-20-24-29-36(43)28-23-6-4-2/h18-21,24-25,29-30,36-39,42-45H,3-17,22-23,26-28,31-35H2,1-2H3/b20-18-,21-19+,29-24+,30-25+/t36-,37-,38-,39-/m0/s1. The van der Waals surface area contributed by atoms with E-state index in [1.54, 1.807) is 36.5 Å². The van der Waals surface area contributed by atoms with E-state index in [0.717, 1.165) is 44.9 Å². The van der Waals surface area contributed by atoms with E-state index in [9.17, 15) is 30.0 Å². The van der Waals surface area contributed by atoms with Crippen LogP contribution in [0.2, 0.25) is 0 Å². The van der Waals surface area contributed by atoms with Crippen LogP contribution in [0, 0.1) is 0 Å². The zero-order valence-corrected chi connectivity index (χ0v) is 31.0. The molecule has 0 unspecified atom stereocenters. The second kappa shape index (κ2) is 35.6. The van der Waals surface area contributed by atoms with Crippen molar-refractivity contribution < 1.29 is 39.5 Å². The average Bonchev–Trinajstić information content (AvgIpc) is 3.09. The summed E-state index contributed by atoms with van der Waals surface area (Å²) < 4.78 is 10.4. The summed E-state index contributed by atoms with van der Waals surface area (Å²) in [5.74, 6) is -0.919. The number of unbranched alkanes of at least 4 members (excludes halogenated alkanes) is 16. The molecular formula is C41H72O8. The molecule has 0 radical (unpaired) electrons. The zero-order valence-electron chi connectivity index (χ0n) is 31.0. The monoisotopic (exact) mass is 693 g/mol. The molecule has 0 aliphatic heterocycles. The second-order valence-corrected chi connectivity index (χ2v) is 13.2. The van der Waals surface area contributed by atoms with Crippen molar-refractivity contribution >= 4 is 11.9 Å². The van der Waals surface area contributed by atoms with Gasteiger partial charge in [-0.05, 0) is 25.7 Å². The quantitative estimate of drug-likeness (QED) is 0.0299. The number of carbonyl (C=O) groups excluding carboxylic acids is 2. The first kappa shape index (κ1) is 46.7. The van der Waals surface area contributed by atoms with Crippen LogP contribution in [0.3, 0.4) is 0 Å². The van der Waals surface area contributed by atoms with E-state index in [-0.39, 0.29) is 31.8 Å². The fraction of sp³-hybridized carbons (Fsp3) is 0.756. The van der Waals surface area contributed by atoms with Crippen molar-refractivity contribution in [3.8, 4) is 0 Å². The van der Waals surface area contributed by atoms with E-state index in [2.05, 4.69) is 13.8 Å². The Hall–Kier alpha value is -2.26. The van der Waals surface area contributed by atoms with Gasteiger partial charge in [0.2, 0.25) is 0 Å². The number of rotatable bonds is 34. The van der Waals surface area contributed by atoms with Gasteiger partial charge in [-0.2, -0.15) is 0 Å². The van der Waals surface area contributed by atoms with Gasteiger partial charge in [0, 0.05) is 12.8 Å². The summed E-state index contributed by atoms with van der Waals surface area (Å²) in [6, 6.07) is 0. The van der Waals surface area contributed by atoms with E-state index < -0.39 is 37.0 Å². The van der Waals surface area contributed by atoms with E-state index in [4.69, 9.17) is 9.47 Å². The van der Waals surface area contributed by atoms with E-state index in [0.29, 0.717) is 6.42 Å². The van der Waals surface area contributed by atoms with Gasteiger partial charge in [-0.3, -0.25) is 9.59 Å². The first-order valence-corrected chi connectivity index (χ1v) is 19.5. The third-order valence-corrected chi connectivity index (χ3v) is 8.49. The van der Waals surface area contributed by atoms with Crippen molar-refractivity contribution in [3.63, 3.8) is 0 Å². The van der Waals surface area contributed by atoms with Crippen LogP contribution < -0.4 is 0 Å². The molecule has 0 saturated heterocycles. The lowest BCUT2D eigenvalue weighted by Crippen LogP contribution is -2.29. The SMILES string of the molecule is CCCCCCCCCCCCCCCCCC(=O)OC[C@H](CO)OC(=O)CCC[C@H](O)[C@@H](O)/C=C/C=C/C=C\C=C\[C@@H](O)CCCCC. The minimum absolute atomic E-state index is 0.00256. The summed E-state index contributed by atoms with van der Waals surface area (Å²) in [4.78, 5) is 24.3. The molecular weight excluding hydrogens is 620 g/mol. The molecule has 0 aromatic heterocycles. The molecule has 0 aromatic carbocycles. The van der Waals surface area contributed by atoms with Crippen LogP contribution in [0.5, 0.6) is 0 Å². The largest absolute Gasteiger partial charge is 0.462 e. The molecule has 0 aliphatic carbocycles. The molecule has 0 amide bonds. The highest BCUT2D eigenvalue weighted by Gasteiger charge is 2.18. The number of esters is 2. The summed E-state index contributed by atoms with van der Waals surface area (Å²) in [5, 5.41) is 39.7. The predicted molar refractivity (Wildman–Crippen MR) is 200 cm³/mol. The molecule has 0 spiro atoms. The summed E-state index contributed by atoms with van der Waals surface area (Å²) >= 11 is 0. The van der Waals surface area contributed by atoms with Crippen LogP contribution in [0.4, 0.5) is 0 Å². The number of hydrogen-bond donors (Lipinski definition) is 4. The van der Waals surface area contributed by atoms with Crippen molar-refractivity contribution in [1.29, 1.82) is 0 Å². The number of hydrogen-bond acceptors (Lipinski definition) is 8. The van der Waals surface area contributed by atoms with Crippen molar-refractivity contribution in [2.24, 2.45) is 0 Å². The van der Waals surface area contributed by atoms with Gasteiger partial charge in [0.15, 0.2) is 6.10 Å². The molecule has 4 atom stereocenters. The van der Waals surface area contributed by atoms with E-state index in [1.165, 1.54) is 83.1 Å². The highest BCUT2D eigenvalue weighted by Crippen LogP contribution is 2.14. The average molecular weight is 693 g/mol. The minimum Gasteiger partial charge on any atom is -0.462 e. The van der Waals surface area contributed by atoms with Crippen LogP contribution in [0.1, 0.15) is 162 Å². The molecule has 49 heavy (non-hydrogen) atoms. The van der Waals surface area contributed by atoms with E-state index >= 15 is 0 Å². The maximum Gasteiger partial charge on any atom is 0.306 e. The van der Waals surface area contributed by atoms with Gasteiger partial charge in [-0.1, -0.05) is 172 Å². The maximum atomic E-state index is 12.2. The molecule has 4 N–H and O–H groups in total. The van der Waals surface area contributed by atoms with Crippen LogP contribution >= 0.6 is 0 Å². The Kier molecular flexibility index (Phi) is 33.9. The lowest BCUT2D eigenvalue weighted by Gasteiger charge is -2.17. The lowest BCUT2D eigenvalue weighted by molar-refractivity contribution is -0.161.